The fourth-order valence-electron chi connectivity index (χ4n) is 1.04. The van der Waals surface area contributed by atoms with Gasteiger partial charge in [-0.15, -0.1) is 0 Å². The van der Waals surface area contributed by atoms with Crippen molar-refractivity contribution in [3.05, 3.63) is 33.0 Å². The van der Waals surface area contributed by atoms with Gasteiger partial charge in [-0.05, 0) is 16.8 Å². The second-order valence-corrected chi connectivity index (χ2v) is 2.71. The van der Waals surface area contributed by atoms with E-state index in [-0.39, 0.29) is 11.1 Å². The Labute approximate surface area is 83.1 Å². The molecule has 78 valence electrons. The molecule has 0 spiro atoms. The molecule has 0 saturated heterocycles. The van der Waals surface area contributed by atoms with E-state index in [0.717, 1.165) is 6.07 Å². The number of rotatable bonds is 2. The fraction of sp³-hybridized carbons (Fsp3) is 0.250. The van der Waals surface area contributed by atoms with Crippen LogP contribution in [-0.2, 0) is 0 Å². The molecule has 0 N–H and O–H groups in total. The van der Waals surface area contributed by atoms with Gasteiger partial charge in [-0.3, -0.25) is 0 Å². The third kappa shape index (κ3) is 2.04. The van der Waals surface area contributed by atoms with E-state index >= 15 is 0 Å². The highest BCUT2D eigenvalue weighted by Crippen LogP contribution is 2.25. The normalized spacial score (nSPS) is 10.1. The number of halogens is 2. The van der Waals surface area contributed by atoms with Crippen molar-refractivity contribution in [2.45, 2.75) is 13.3 Å². The molecular formula is C8H5F2N3O2. The minimum absolute atomic E-state index is 0.0295. The van der Waals surface area contributed by atoms with Gasteiger partial charge in [0.25, 0.3) is 0 Å². The lowest BCUT2D eigenvalue weighted by atomic mass is 10.1. The number of nitrogens with zero attached hydrogens (tertiary/aromatic N) is 3. The van der Waals surface area contributed by atoms with Gasteiger partial charge in [0.1, 0.15) is 0 Å². The molecule has 0 fully saturated rings. The summed E-state index contributed by atoms with van der Waals surface area (Å²) in [4.78, 5) is 12.6. The van der Waals surface area contributed by atoms with Crippen molar-refractivity contribution < 1.29 is 13.7 Å². The Morgan fingerprint density at radius 1 is 1.67 bits per heavy atom. The molecule has 0 amide bonds. The second kappa shape index (κ2) is 3.96. The van der Waals surface area contributed by atoms with Crippen LogP contribution in [0.5, 0.6) is 0 Å². The van der Waals surface area contributed by atoms with Crippen LogP contribution in [0.15, 0.2) is 6.07 Å². The molecule has 7 heteroatoms. The Bertz CT molecular complexity index is 454. The van der Waals surface area contributed by atoms with Gasteiger partial charge in [-0.1, -0.05) is 0 Å². The fourth-order valence-corrected chi connectivity index (χ4v) is 1.04. The van der Waals surface area contributed by atoms with Crippen LogP contribution in [0.3, 0.4) is 0 Å². The zero-order valence-corrected chi connectivity index (χ0v) is 7.57. The summed E-state index contributed by atoms with van der Waals surface area (Å²) >= 11 is 0. The van der Waals surface area contributed by atoms with Gasteiger partial charge in [0.05, 0.1) is 17.7 Å². The summed E-state index contributed by atoms with van der Waals surface area (Å²) in [7, 11) is 0. The van der Waals surface area contributed by atoms with Gasteiger partial charge in [0.15, 0.2) is 0 Å². The molecule has 1 rings (SSSR count). The average Bonchev–Trinajstić information content (AvgIpc) is 2.17. The molecule has 1 heterocycles. The van der Waals surface area contributed by atoms with E-state index < -0.39 is 22.9 Å². The summed E-state index contributed by atoms with van der Waals surface area (Å²) in [6, 6.07) is 2.48. The highest BCUT2D eigenvalue weighted by molar-refractivity contribution is 5.44. The zero-order valence-electron chi connectivity index (χ0n) is 7.57. The maximum absolute atomic E-state index is 12.4. The maximum atomic E-state index is 12.4. The largest absolute Gasteiger partial charge is 0.365 e. The summed E-state index contributed by atoms with van der Waals surface area (Å²) in [5.74, 6) is -0.743. The summed E-state index contributed by atoms with van der Waals surface area (Å²) < 4.78 is 24.8. The first kappa shape index (κ1) is 11.0. The first-order chi connectivity index (χ1) is 6.97. The molecule has 0 aromatic carbocycles. The number of aromatic nitrogens is 1. The van der Waals surface area contributed by atoms with Crippen LogP contribution in [0, 0.1) is 28.4 Å². The molecule has 5 nitrogen and oxygen atoms in total. The summed E-state index contributed by atoms with van der Waals surface area (Å²) in [6.07, 6.45) is -2.93. The minimum Gasteiger partial charge on any atom is -0.358 e. The SMILES string of the molecule is Cc1c(C#N)cc([N+](=O)[O-])nc1C(F)F. The highest BCUT2D eigenvalue weighted by Gasteiger charge is 2.24. The number of hydrogen-bond acceptors (Lipinski definition) is 4. The van der Waals surface area contributed by atoms with Crippen molar-refractivity contribution in [3.63, 3.8) is 0 Å². The van der Waals surface area contributed by atoms with E-state index in [4.69, 9.17) is 5.26 Å². The van der Waals surface area contributed by atoms with E-state index in [1.54, 1.807) is 6.07 Å². The van der Waals surface area contributed by atoms with Crippen LogP contribution >= 0.6 is 0 Å². The zero-order chi connectivity index (χ0) is 11.6. The second-order valence-electron chi connectivity index (χ2n) is 2.71. The average molecular weight is 213 g/mol. The van der Waals surface area contributed by atoms with Crippen molar-refractivity contribution >= 4 is 5.82 Å². The molecule has 1 aromatic heterocycles. The number of hydrogen-bond donors (Lipinski definition) is 0. The Balaban J connectivity index is 3.47. The van der Waals surface area contributed by atoms with Crippen LogP contribution in [0.1, 0.15) is 23.2 Å². The van der Waals surface area contributed by atoms with Crippen LogP contribution < -0.4 is 0 Å². The molecule has 0 radical (unpaired) electrons. The predicted molar refractivity (Wildman–Crippen MR) is 45.3 cm³/mol. The molecule has 0 unspecified atom stereocenters. The maximum Gasteiger partial charge on any atom is 0.365 e. The van der Waals surface area contributed by atoms with Crippen LogP contribution in [0.25, 0.3) is 0 Å². The Morgan fingerprint density at radius 3 is 2.67 bits per heavy atom. The van der Waals surface area contributed by atoms with Gasteiger partial charge in [0.2, 0.25) is 5.69 Å². The summed E-state index contributed by atoms with van der Waals surface area (Å²) in [6.45, 7) is 1.27. The summed E-state index contributed by atoms with van der Waals surface area (Å²) in [5.41, 5.74) is -0.911. The number of alkyl halides is 2. The lowest BCUT2D eigenvalue weighted by molar-refractivity contribution is -0.389. The molecule has 0 atom stereocenters. The van der Waals surface area contributed by atoms with Gasteiger partial charge < -0.3 is 10.1 Å². The van der Waals surface area contributed by atoms with Crippen LogP contribution in [0.2, 0.25) is 0 Å². The lowest BCUT2D eigenvalue weighted by Crippen LogP contribution is -2.02. The van der Waals surface area contributed by atoms with Crippen molar-refractivity contribution in [1.29, 1.82) is 5.26 Å². The first-order valence-electron chi connectivity index (χ1n) is 3.81. The molecular weight excluding hydrogens is 208 g/mol. The van der Waals surface area contributed by atoms with E-state index in [9.17, 15) is 18.9 Å². The Hall–Kier alpha value is -2.10. The van der Waals surface area contributed by atoms with Crippen molar-refractivity contribution in [2.24, 2.45) is 0 Å². The van der Waals surface area contributed by atoms with Crippen molar-refractivity contribution in [3.8, 4) is 6.07 Å². The van der Waals surface area contributed by atoms with Crippen LogP contribution in [-0.4, -0.2) is 9.91 Å². The van der Waals surface area contributed by atoms with Crippen molar-refractivity contribution in [1.82, 2.24) is 4.98 Å². The van der Waals surface area contributed by atoms with E-state index in [2.05, 4.69) is 4.98 Å². The number of nitriles is 1. The standard InChI is InChI=1S/C8H5F2N3O2/c1-4-5(3-11)2-6(13(14)15)12-7(4)8(9)10/h2,8H,1H3. The van der Waals surface area contributed by atoms with Crippen LogP contribution in [0.4, 0.5) is 14.6 Å². The van der Waals surface area contributed by atoms with Gasteiger partial charge in [0, 0.05) is 5.56 Å². The quantitative estimate of drug-likeness (QED) is 0.556. The van der Waals surface area contributed by atoms with E-state index in [0.29, 0.717) is 0 Å². The molecule has 1 aromatic rings. The number of pyridine rings is 1. The first-order valence-corrected chi connectivity index (χ1v) is 3.81. The highest BCUT2D eigenvalue weighted by atomic mass is 19.3. The van der Waals surface area contributed by atoms with Crippen molar-refractivity contribution in [2.75, 3.05) is 0 Å². The molecule has 0 aliphatic heterocycles. The summed E-state index contributed by atoms with van der Waals surface area (Å²) in [5, 5.41) is 18.9. The monoisotopic (exact) mass is 213 g/mol. The van der Waals surface area contributed by atoms with Gasteiger partial charge in [-0.25, -0.2) is 8.78 Å². The Kier molecular flexibility index (Phi) is 2.90. The predicted octanol–water partition coefficient (Wildman–Crippen LogP) is 2.11. The number of nitro groups is 1. The van der Waals surface area contributed by atoms with Gasteiger partial charge in [-0.2, -0.15) is 5.26 Å². The molecule has 0 aliphatic rings. The van der Waals surface area contributed by atoms with Gasteiger partial charge >= 0.3 is 12.2 Å². The lowest BCUT2D eigenvalue weighted by Gasteiger charge is -2.01. The smallest absolute Gasteiger partial charge is 0.358 e. The third-order valence-corrected chi connectivity index (χ3v) is 1.81. The third-order valence-electron chi connectivity index (χ3n) is 1.81. The molecule has 15 heavy (non-hydrogen) atoms. The minimum atomic E-state index is -2.93. The molecule has 0 saturated carbocycles. The molecule has 0 aliphatic carbocycles. The topological polar surface area (TPSA) is 79.8 Å². The van der Waals surface area contributed by atoms with E-state index in [1.807, 2.05) is 0 Å². The Morgan fingerprint density at radius 2 is 2.27 bits per heavy atom. The molecule has 0 bridgehead atoms. The van der Waals surface area contributed by atoms with E-state index in [1.165, 1.54) is 6.92 Å².